The zero-order valence-corrected chi connectivity index (χ0v) is 16.6. The quantitative estimate of drug-likeness (QED) is 0.376. The number of nitro groups is 1. The van der Waals surface area contributed by atoms with E-state index in [2.05, 4.69) is 16.2 Å². The van der Waals surface area contributed by atoms with Gasteiger partial charge in [-0.15, -0.1) is 0 Å². The molecule has 0 aliphatic rings. The van der Waals surface area contributed by atoms with E-state index in [0.29, 0.717) is 11.3 Å². The van der Waals surface area contributed by atoms with Gasteiger partial charge < -0.3 is 4.74 Å². The number of thiocarbonyl (C=S) groups is 1. The summed E-state index contributed by atoms with van der Waals surface area (Å²) in [4.78, 5) is 34.4. The van der Waals surface area contributed by atoms with Crippen LogP contribution in [0.3, 0.4) is 0 Å². The second-order valence-electron chi connectivity index (χ2n) is 6.03. The molecule has 0 aliphatic carbocycles. The number of nitro benzene ring substituents is 1. The highest BCUT2D eigenvalue weighted by Gasteiger charge is 2.12. The molecule has 0 spiro atoms. The molecule has 2 aromatic carbocycles. The number of hydrogen-bond acceptors (Lipinski definition) is 6. The van der Waals surface area contributed by atoms with Crippen LogP contribution in [0.1, 0.15) is 41.0 Å². The fraction of sp³-hybridized carbons (Fsp3) is 0.211. The number of nitrogens with one attached hydrogen (secondary N) is 3. The van der Waals surface area contributed by atoms with Crippen molar-refractivity contribution in [2.24, 2.45) is 0 Å². The summed E-state index contributed by atoms with van der Waals surface area (Å²) in [6.07, 6.45) is 0.851. The van der Waals surface area contributed by atoms with E-state index >= 15 is 0 Å². The van der Waals surface area contributed by atoms with E-state index in [1.165, 1.54) is 24.3 Å². The van der Waals surface area contributed by atoms with Gasteiger partial charge in [0.2, 0.25) is 0 Å². The highest BCUT2D eigenvalue weighted by molar-refractivity contribution is 7.80. The van der Waals surface area contributed by atoms with Gasteiger partial charge in [0, 0.05) is 23.3 Å². The first kappa shape index (κ1) is 21.8. The monoisotopic (exact) mass is 416 g/mol. The third-order valence-electron chi connectivity index (χ3n) is 3.87. The molecule has 1 unspecified atom stereocenters. The molecule has 0 heterocycles. The van der Waals surface area contributed by atoms with Crippen LogP contribution >= 0.6 is 12.2 Å². The standard InChI is InChI=1S/C19H20N4O5S/c1-3-12(2)28-16-6-4-5-14(11-16)17(24)20-19(29)22-21-18(25)13-7-9-15(10-8-13)23(26)27/h4-12H,3H2,1-2H3,(H,21,25)(H2,20,22,24,29). The van der Waals surface area contributed by atoms with Gasteiger partial charge in [-0.3, -0.25) is 35.9 Å². The van der Waals surface area contributed by atoms with Crippen LogP contribution in [0, 0.1) is 10.1 Å². The van der Waals surface area contributed by atoms with Crippen LogP contribution in [-0.4, -0.2) is 28.0 Å². The summed E-state index contributed by atoms with van der Waals surface area (Å²) in [5, 5.41) is 13.0. The molecule has 2 amide bonds. The Bertz CT molecular complexity index is 917. The number of hydrogen-bond donors (Lipinski definition) is 3. The van der Waals surface area contributed by atoms with Gasteiger partial charge in [0.1, 0.15) is 5.75 Å². The number of non-ortho nitro benzene ring substituents is 1. The lowest BCUT2D eigenvalue weighted by Crippen LogP contribution is -2.48. The van der Waals surface area contributed by atoms with Crippen molar-refractivity contribution in [1.29, 1.82) is 0 Å². The normalized spacial score (nSPS) is 11.1. The summed E-state index contributed by atoms with van der Waals surface area (Å²) in [6.45, 7) is 3.93. The summed E-state index contributed by atoms with van der Waals surface area (Å²) < 4.78 is 5.68. The van der Waals surface area contributed by atoms with Crippen molar-refractivity contribution in [1.82, 2.24) is 16.2 Å². The van der Waals surface area contributed by atoms with Crippen LogP contribution in [0.5, 0.6) is 5.75 Å². The highest BCUT2D eigenvalue weighted by atomic mass is 32.1. The molecule has 3 N–H and O–H groups in total. The second-order valence-corrected chi connectivity index (χ2v) is 6.44. The third kappa shape index (κ3) is 6.54. The van der Waals surface area contributed by atoms with Crippen molar-refractivity contribution in [3.63, 3.8) is 0 Å². The van der Waals surface area contributed by atoms with E-state index < -0.39 is 16.7 Å². The molecule has 0 fully saturated rings. The van der Waals surface area contributed by atoms with E-state index in [0.717, 1.165) is 6.42 Å². The molecule has 0 bridgehead atoms. The SMILES string of the molecule is CCC(C)Oc1cccc(C(=O)NC(=S)NNC(=O)c2ccc([N+](=O)[O-])cc2)c1. The molecule has 0 aliphatic heterocycles. The minimum Gasteiger partial charge on any atom is -0.491 e. The Balaban J connectivity index is 1.88. The molecular weight excluding hydrogens is 396 g/mol. The molecule has 152 valence electrons. The molecule has 0 saturated heterocycles. The average molecular weight is 416 g/mol. The van der Waals surface area contributed by atoms with E-state index in [9.17, 15) is 19.7 Å². The van der Waals surface area contributed by atoms with Crippen molar-refractivity contribution < 1.29 is 19.2 Å². The maximum absolute atomic E-state index is 12.3. The van der Waals surface area contributed by atoms with Gasteiger partial charge in [0.05, 0.1) is 11.0 Å². The predicted octanol–water partition coefficient (Wildman–Crippen LogP) is 2.72. The molecule has 0 saturated carbocycles. The van der Waals surface area contributed by atoms with E-state index in [4.69, 9.17) is 17.0 Å². The predicted molar refractivity (Wildman–Crippen MR) is 111 cm³/mol. The Labute approximate surface area is 172 Å². The summed E-state index contributed by atoms with van der Waals surface area (Å²) in [6, 6.07) is 11.7. The van der Waals surface area contributed by atoms with Crippen LogP contribution in [0.4, 0.5) is 5.69 Å². The number of carbonyl (C=O) groups excluding carboxylic acids is 2. The minimum absolute atomic E-state index is 0.0192. The molecule has 2 aromatic rings. The number of amides is 2. The molecule has 29 heavy (non-hydrogen) atoms. The van der Waals surface area contributed by atoms with E-state index in [1.807, 2.05) is 13.8 Å². The highest BCUT2D eigenvalue weighted by Crippen LogP contribution is 2.16. The number of ether oxygens (including phenoxy) is 1. The Morgan fingerprint density at radius 2 is 1.79 bits per heavy atom. The zero-order valence-electron chi connectivity index (χ0n) is 15.8. The molecule has 2 rings (SSSR count). The fourth-order valence-electron chi connectivity index (χ4n) is 2.15. The largest absolute Gasteiger partial charge is 0.491 e. The van der Waals surface area contributed by atoms with Crippen LogP contribution in [-0.2, 0) is 0 Å². The summed E-state index contributed by atoms with van der Waals surface area (Å²) >= 11 is 5.00. The molecule has 0 aromatic heterocycles. The van der Waals surface area contributed by atoms with E-state index in [1.54, 1.807) is 24.3 Å². The Morgan fingerprint density at radius 3 is 2.41 bits per heavy atom. The Kier molecular flexibility index (Phi) is 7.61. The first-order chi connectivity index (χ1) is 13.8. The molecule has 9 nitrogen and oxygen atoms in total. The molecular formula is C19H20N4O5S. The van der Waals surface area contributed by atoms with Gasteiger partial charge in [-0.1, -0.05) is 13.0 Å². The Hall–Kier alpha value is -3.53. The first-order valence-corrected chi connectivity index (χ1v) is 9.13. The Morgan fingerprint density at radius 1 is 1.10 bits per heavy atom. The number of carbonyl (C=O) groups is 2. The smallest absolute Gasteiger partial charge is 0.269 e. The zero-order chi connectivity index (χ0) is 21.4. The molecule has 0 radical (unpaired) electrons. The molecule has 1 atom stereocenters. The van der Waals surface area contributed by atoms with Gasteiger partial charge in [0.25, 0.3) is 17.5 Å². The van der Waals surface area contributed by atoms with Crippen LogP contribution < -0.4 is 20.9 Å². The lowest BCUT2D eigenvalue weighted by atomic mass is 10.2. The van der Waals surface area contributed by atoms with Crippen molar-refractivity contribution in [3.8, 4) is 5.75 Å². The van der Waals surface area contributed by atoms with Crippen molar-refractivity contribution in [2.75, 3.05) is 0 Å². The van der Waals surface area contributed by atoms with Crippen molar-refractivity contribution >= 4 is 34.8 Å². The van der Waals surface area contributed by atoms with Gasteiger partial charge in [-0.2, -0.15) is 0 Å². The van der Waals surface area contributed by atoms with Crippen LogP contribution in [0.2, 0.25) is 0 Å². The third-order valence-corrected chi connectivity index (χ3v) is 4.07. The lowest BCUT2D eigenvalue weighted by Gasteiger charge is -2.14. The summed E-state index contributed by atoms with van der Waals surface area (Å²) in [7, 11) is 0. The topological polar surface area (TPSA) is 123 Å². The minimum atomic E-state index is -0.569. The number of rotatable bonds is 6. The van der Waals surface area contributed by atoms with Gasteiger partial charge >= 0.3 is 0 Å². The van der Waals surface area contributed by atoms with E-state index in [-0.39, 0.29) is 22.5 Å². The first-order valence-electron chi connectivity index (χ1n) is 8.73. The number of nitrogens with zero attached hydrogens (tertiary/aromatic N) is 1. The van der Waals surface area contributed by atoms with Gasteiger partial charge in [-0.25, -0.2) is 0 Å². The van der Waals surface area contributed by atoms with Crippen molar-refractivity contribution in [2.45, 2.75) is 26.4 Å². The van der Waals surface area contributed by atoms with Crippen LogP contribution in [0.15, 0.2) is 48.5 Å². The second kappa shape index (κ2) is 10.1. The average Bonchev–Trinajstić information content (AvgIpc) is 2.72. The maximum Gasteiger partial charge on any atom is 0.269 e. The van der Waals surface area contributed by atoms with Gasteiger partial charge in [-0.05, 0) is 55.9 Å². The summed E-state index contributed by atoms with van der Waals surface area (Å²) in [5.41, 5.74) is 5.12. The van der Waals surface area contributed by atoms with Crippen LogP contribution in [0.25, 0.3) is 0 Å². The molecule has 10 heteroatoms. The number of hydrazine groups is 1. The summed E-state index contributed by atoms with van der Waals surface area (Å²) in [5.74, 6) is -0.473. The lowest BCUT2D eigenvalue weighted by molar-refractivity contribution is -0.384. The van der Waals surface area contributed by atoms with Gasteiger partial charge in [0.15, 0.2) is 5.11 Å². The van der Waals surface area contributed by atoms with Crippen molar-refractivity contribution in [3.05, 3.63) is 69.8 Å². The fourth-order valence-corrected chi connectivity index (χ4v) is 2.30. The number of benzene rings is 2. The maximum atomic E-state index is 12.3.